The van der Waals surface area contributed by atoms with E-state index in [9.17, 15) is 0 Å². The predicted octanol–water partition coefficient (Wildman–Crippen LogP) is 1.13. The summed E-state index contributed by atoms with van der Waals surface area (Å²) >= 11 is 5.96. The number of halogens is 1. The molecule has 0 bridgehead atoms. The van der Waals surface area contributed by atoms with E-state index in [-0.39, 0.29) is 0 Å². The zero-order chi connectivity index (χ0) is 10.1. The van der Waals surface area contributed by atoms with Crippen molar-refractivity contribution in [3.63, 3.8) is 0 Å². The Morgan fingerprint density at radius 3 is 2.46 bits per heavy atom. The molecular formula is C8H14ClN3Si. The molecular weight excluding hydrogens is 202 g/mol. The summed E-state index contributed by atoms with van der Waals surface area (Å²) < 4.78 is 0. The van der Waals surface area contributed by atoms with Gasteiger partial charge in [0.25, 0.3) is 0 Å². The zero-order valence-electron chi connectivity index (χ0n) is 8.13. The van der Waals surface area contributed by atoms with Gasteiger partial charge >= 0.3 is 0 Å². The normalized spacial score (nSPS) is 11.8. The molecule has 0 saturated heterocycles. The third-order valence-electron chi connectivity index (χ3n) is 1.82. The van der Waals surface area contributed by atoms with Crippen LogP contribution in [0.15, 0.2) is 6.07 Å². The molecule has 5 heteroatoms. The van der Waals surface area contributed by atoms with Gasteiger partial charge in [0, 0.05) is 6.54 Å². The molecule has 0 aromatic carbocycles. The number of hydrogen-bond donors (Lipinski definition) is 1. The molecule has 0 spiro atoms. The number of nitrogens with two attached hydrogens (primary N) is 1. The third kappa shape index (κ3) is 2.49. The lowest BCUT2D eigenvalue weighted by Crippen LogP contribution is -2.39. The first-order valence-electron chi connectivity index (χ1n) is 4.18. The van der Waals surface area contributed by atoms with Gasteiger partial charge in [-0.25, -0.2) is 0 Å². The fraction of sp³-hybridized carbons (Fsp3) is 0.500. The molecule has 1 aromatic heterocycles. The van der Waals surface area contributed by atoms with E-state index in [2.05, 4.69) is 29.8 Å². The minimum atomic E-state index is -1.42. The summed E-state index contributed by atoms with van der Waals surface area (Å²) in [6.45, 7) is 7.07. The second-order valence-electron chi connectivity index (χ2n) is 3.99. The van der Waals surface area contributed by atoms with E-state index in [1.165, 1.54) is 0 Å². The molecule has 2 N–H and O–H groups in total. The Bertz CT molecular complexity index is 309. The van der Waals surface area contributed by atoms with Crippen LogP contribution in [-0.2, 0) is 6.54 Å². The molecule has 3 nitrogen and oxygen atoms in total. The average molecular weight is 216 g/mol. The average Bonchev–Trinajstić information content (AvgIpc) is 2.03. The van der Waals surface area contributed by atoms with Crippen LogP contribution in [0, 0.1) is 0 Å². The van der Waals surface area contributed by atoms with Crippen LogP contribution < -0.4 is 10.9 Å². The van der Waals surface area contributed by atoms with E-state index in [0.29, 0.717) is 11.7 Å². The van der Waals surface area contributed by atoms with Gasteiger partial charge in [-0.05, 0) is 11.3 Å². The fourth-order valence-electron chi connectivity index (χ4n) is 1.04. The standard InChI is InChI=1S/C8H14ClN3Si/c1-13(2,3)7-4-6(5-10)11-12-8(7)9/h4H,5,10H2,1-3H3. The van der Waals surface area contributed by atoms with Gasteiger partial charge in [-0.2, -0.15) is 5.10 Å². The van der Waals surface area contributed by atoms with Gasteiger partial charge in [-0.15, -0.1) is 5.10 Å². The van der Waals surface area contributed by atoms with Crippen molar-refractivity contribution in [2.45, 2.75) is 26.2 Å². The summed E-state index contributed by atoms with van der Waals surface area (Å²) in [7, 11) is -1.42. The van der Waals surface area contributed by atoms with Gasteiger partial charge in [0.2, 0.25) is 0 Å². The summed E-state index contributed by atoms with van der Waals surface area (Å²) in [5.41, 5.74) is 6.29. The van der Waals surface area contributed by atoms with Gasteiger partial charge in [0.05, 0.1) is 13.8 Å². The predicted molar refractivity (Wildman–Crippen MR) is 57.9 cm³/mol. The number of nitrogens with zero attached hydrogens (tertiary/aromatic N) is 2. The molecule has 1 rings (SSSR count). The first kappa shape index (κ1) is 10.6. The monoisotopic (exact) mass is 215 g/mol. The Labute approximate surface area is 84.3 Å². The van der Waals surface area contributed by atoms with Gasteiger partial charge < -0.3 is 5.73 Å². The topological polar surface area (TPSA) is 51.8 Å². The molecule has 0 aliphatic rings. The number of rotatable bonds is 2. The van der Waals surface area contributed by atoms with Crippen LogP contribution in [0.25, 0.3) is 0 Å². The molecule has 0 atom stereocenters. The van der Waals surface area contributed by atoms with Gasteiger partial charge in [0.1, 0.15) is 0 Å². The first-order chi connectivity index (χ1) is 5.95. The van der Waals surface area contributed by atoms with Crippen LogP contribution in [0.2, 0.25) is 24.8 Å². The van der Waals surface area contributed by atoms with Crippen molar-refractivity contribution < 1.29 is 0 Å². The highest BCUT2D eigenvalue weighted by Gasteiger charge is 2.21. The SMILES string of the molecule is C[Si](C)(C)c1cc(CN)nnc1Cl. The molecule has 0 fully saturated rings. The second-order valence-corrected chi connectivity index (χ2v) is 9.39. The number of aromatic nitrogens is 2. The Morgan fingerprint density at radius 2 is 2.00 bits per heavy atom. The lowest BCUT2D eigenvalue weighted by molar-refractivity contribution is 0.903. The van der Waals surface area contributed by atoms with Crippen molar-refractivity contribution in [1.82, 2.24) is 10.2 Å². The van der Waals surface area contributed by atoms with Crippen molar-refractivity contribution in [3.05, 3.63) is 16.9 Å². The molecule has 1 aromatic rings. The summed E-state index contributed by atoms with van der Waals surface area (Å²) in [4.78, 5) is 0. The zero-order valence-corrected chi connectivity index (χ0v) is 9.89. The Balaban J connectivity index is 3.19. The van der Waals surface area contributed by atoms with Crippen LogP contribution in [-0.4, -0.2) is 18.3 Å². The van der Waals surface area contributed by atoms with Crippen molar-refractivity contribution in [1.29, 1.82) is 0 Å². The minimum absolute atomic E-state index is 0.418. The maximum atomic E-state index is 5.96. The van der Waals surface area contributed by atoms with Crippen LogP contribution in [0.4, 0.5) is 0 Å². The Hall–Kier alpha value is -0.453. The van der Waals surface area contributed by atoms with Gasteiger partial charge in [-0.3, -0.25) is 0 Å². The lowest BCUT2D eigenvalue weighted by Gasteiger charge is -2.17. The van der Waals surface area contributed by atoms with Crippen molar-refractivity contribution >= 4 is 24.9 Å². The highest BCUT2D eigenvalue weighted by molar-refractivity contribution is 6.90. The van der Waals surface area contributed by atoms with E-state index < -0.39 is 8.07 Å². The van der Waals surface area contributed by atoms with Gasteiger partial charge in [0.15, 0.2) is 5.15 Å². The fourth-order valence-corrected chi connectivity index (χ4v) is 3.25. The Kier molecular flexibility index (Phi) is 3.05. The highest BCUT2D eigenvalue weighted by Crippen LogP contribution is 2.09. The van der Waals surface area contributed by atoms with E-state index in [0.717, 1.165) is 10.9 Å². The van der Waals surface area contributed by atoms with Crippen LogP contribution in [0.3, 0.4) is 0 Å². The smallest absolute Gasteiger partial charge is 0.150 e. The Morgan fingerprint density at radius 1 is 1.38 bits per heavy atom. The second kappa shape index (κ2) is 3.73. The van der Waals surface area contributed by atoms with Crippen molar-refractivity contribution in [3.8, 4) is 0 Å². The minimum Gasteiger partial charge on any atom is -0.325 e. The molecule has 0 radical (unpaired) electrons. The van der Waals surface area contributed by atoms with E-state index in [1.54, 1.807) is 0 Å². The lowest BCUT2D eigenvalue weighted by atomic mass is 10.4. The van der Waals surface area contributed by atoms with Crippen molar-refractivity contribution in [2.24, 2.45) is 5.73 Å². The summed E-state index contributed by atoms with van der Waals surface area (Å²) in [5.74, 6) is 0. The van der Waals surface area contributed by atoms with E-state index in [1.807, 2.05) is 6.07 Å². The largest absolute Gasteiger partial charge is 0.325 e. The molecule has 0 aliphatic heterocycles. The highest BCUT2D eigenvalue weighted by atomic mass is 35.5. The molecule has 0 amide bonds. The quantitative estimate of drug-likeness (QED) is 0.753. The summed E-state index contributed by atoms with van der Waals surface area (Å²) in [6.07, 6.45) is 0. The molecule has 13 heavy (non-hydrogen) atoms. The molecule has 0 saturated carbocycles. The molecule has 0 aliphatic carbocycles. The van der Waals surface area contributed by atoms with Crippen LogP contribution in [0.1, 0.15) is 5.69 Å². The van der Waals surface area contributed by atoms with Crippen LogP contribution >= 0.6 is 11.6 Å². The van der Waals surface area contributed by atoms with Gasteiger partial charge in [-0.1, -0.05) is 31.2 Å². The molecule has 1 heterocycles. The summed E-state index contributed by atoms with van der Waals surface area (Å²) in [5, 5.41) is 9.43. The maximum absolute atomic E-state index is 5.96. The third-order valence-corrected chi connectivity index (χ3v) is 4.25. The van der Waals surface area contributed by atoms with E-state index in [4.69, 9.17) is 17.3 Å². The first-order valence-corrected chi connectivity index (χ1v) is 8.05. The molecule has 72 valence electrons. The summed E-state index contributed by atoms with van der Waals surface area (Å²) in [6, 6.07) is 1.97. The number of hydrogen-bond acceptors (Lipinski definition) is 3. The van der Waals surface area contributed by atoms with Crippen molar-refractivity contribution in [2.75, 3.05) is 0 Å². The van der Waals surface area contributed by atoms with E-state index >= 15 is 0 Å². The van der Waals surface area contributed by atoms with Crippen LogP contribution in [0.5, 0.6) is 0 Å². The molecule has 0 unspecified atom stereocenters. The maximum Gasteiger partial charge on any atom is 0.150 e.